The number of nitrogens with zero attached hydrogens (tertiary/aromatic N) is 7. The number of anilines is 2. The maximum atomic E-state index is 12.4. The number of aromatic nitrogens is 4. The Kier molecular flexibility index (Phi) is 6.82. The van der Waals surface area contributed by atoms with Gasteiger partial charge in [-0.3, -0.25) is 4.57 Å². The van der Waals surface area contributed by atoms with Crippen molar-refractivity contribution < 1.29 is 27.6 Å². The molecule has 0 bridgehead atoms. The number of hydrogen-bond donors (Lipinski definition) is 1. The number of nitro groups is 1. The van der Waals surface area contributed by atoms with Crippen LogP contribution in [0.2, 0.25) is 0 Å². The van der Waals surface area contributed by atoms with Gasteiger partial charge in [0.15, 0.2) is 0 Å². The Morgan fingerprint density at radius 1 is 1.10 bits per heavy atom. The minimum Gasteiger partial charge on any atom is -0.444 e. The molecule has 40 heavy (non-hydrogen) atoms. The lowest BCUT2D eigenvalue weighted by Crippen LogP contribution is -2.47. The number of piperazine rings is 1. The summed E-state index contributed by atoms with van der Waals surface area (Å²) in [5.74, 6) is 0.611. The summed E-state index contributed by atoms with van der Waals surface area (Å²) < 4.78 is 48.5. The Labute approximate surface area is 226 Å². The van der Waals surface area contributed by atoms with Crippen LogP contribution < -0.4 is 24.6 Å². The first-order chi connectivity index (χ1) is 19.2. The molecule has 3 aliphatic rings. The molecule has 212 valence electrons. The zero-order valence-corrected chi connectivity index (χ0v) is 21.4. The normalized spacial score (nSPS) is 19.2. The van der Waals surface area contributed by atoms with Gasteiger partial charge in [-0.2, -0.15) is 0 Å². The zero-order valence-electron chi connectivity index (χ0n) is 21.4. The highest BCUT2D eigenvalue weighted by atomic mass is 19.4. The zero-order chi connectivity index (χ0) is 27.9. The van der Waals surface area contributed by atoms with Crippen molar-refractivity contribution in [3.63, 3.8) is 0 Å². The van der Waals surface area contributed by atoms with Crippen molar-refractivity contribution in [2.75, 3.05) is 42.6 Å². The summed E-state index contributed by atoms with van der Waals surface area (Å²) in [6, 6.07) is 6.12. The van der Waals surface area contributed by atoms with Crippen molar-refractivity contribution in [1.82, 2.24) is 24.8 Å². The lowest BCUT2D eigenvalue weighted by molar-refractivity contribution is -0.389. The smallest absolute Gasteiger partial charge is 0.444 e. The van der Waals surface area contributed by atoms with Crippen molar-refractivity contribution in [2.45, 2.75) is 44.3 Å². The fourth-order valence-electron chi connectivity index (χ4n) is 4.99. The first kappa shape index (κ1) is 26.1. The van der Waals surface area contributed by atoms with E-state index in [2.05, 4.69) is 29.8 Å². The number of nitrogens with one attached hydrogen (secondary N) is 1. The van der Waals surface area contributed by atoms with Gasteiger partial charge in [-0.05, 0) is 42.0 Å². The molecule has 12 nitrogen and oxygen atoms in total. The van der Waals surface area contributed by atoms with E-state index in [0.717, 1.165) is 29.8 Å². The largest absolute Gasteiger partial charge is 0.573 e. The van der Waals surface area contributed by atoms with Crippen LogP contribution in [0.5, 0.6) is 11.8 Å². The Bertz CT molecular complexity index is 1370. The van der Waals surface area contributed by atoms with Crippen molar-refractivity contribution in [2.24, 2.45) is 0 Å². The predicted molar refractivity (Wildman–Crippen MR) is 137 cm³/mol. The van der Waals surface area contributed by atoms with E-state index in [9.17, 15) is 23.3 Å². The maximum absolute atomic E-state index is 12.4. The molecule has 2 aliphatic heterocycles. The summed E-state index contributed by atoms with van der Waals surface area (Å²) in [4.78, 5) is 28.2. The van der Waals surface area contributed by atoms with E-state index in [1.165, 1.54) is 18.3 Å². The topological polar surface area (TPSA) is 124 Å². The molecular formula is C25H27F3N8O4. The Balaban J connectivity index is 1.06. The third-order valence-corrected chi connectivity index (χ3v) is 7.17. The molecule has 1 atom stereocenters. The van der Waals surface area contributed by atoms with Gasteiger partial charge in [0.1, 0.15) is 18.6 Å². The molecule has 15 heteroatoms. The molecule has 1 saturated heterocycles. The molecule has 3 aromatic rings. The van der Waals surface area contributed by atoms with Crippen LogP contribution in [-0.2, 0) is 13.1 Å². The Hall–Kier alpha value is -4.14. The number of ether oxygens (including phenoxy) is 2. The second-order valence-corrected chi connectivity index (χ2v) is 10.1. The SMILES string of the molecule is O=[N+]([O-])c1cn2c(n1)OC[C@@H](NCc1cnc(N3CCN(c4ccc(OC(F)(F)F)cc4)CC3)nc1C1CC1)C2. The van der Waals surface area contributed by atoms with Gasteiger partial charge in [0.05, 0.1) is 11.7 Å². The van der Waals surface area contributed by atoms with Gasteiger partial charge >= 0.3 is 18.2 Å². The van der Waals surface area contributed by atoms with Crippen LogP contribution in [0.25, 0.3) is 0 Å². The van der Waals surface area contributed by atoms with Crippen molar-refractivity contribution in [3.05, 3.63) is 58.0 Å². The van der Waals surface area contributed by atoms with Crippen LogP contribution in [0.4, 0.5) is 30.6 Å². The van der Waals surface area contributed by atoms with E-state index < -0.39 is 11.3 Å². The quantitative estimate of drug-likeness (QED) is 0.324. The summed E-state index contributed by atoms with van der Waals surface area (Å²) in [5, 5.41) is 14.5. The van der Waals surface area contributed by atoms with E-state index in [-0.39, 0.29) is 23.6 Å². The van der Waals surface area contributed by atoms with Crippen LogP contribution in [0.15, 0.2) is 36.7 Å². The molecule has 0 unspecified atom stereocenters. The highest BCUT2D eigenvalue weighted by Crippen LogP contribution is 2.41. The Morgan fingerprint density at radius 2 is 1.82 bits per heavy atom. The monoisotopic (exact) mass is 560 g/mol. The van der Waals surface area contributed by atoms with Crippen LogP contribution in [0, 0.1) is 10.1 Å². The highest BCUT2D eigenvalue weighted by molar-refractivity contribution is 5.51. The molecule has 2 fully saturated rings. The van der Waals surface area contributed by atoms with Crippen molar-refractivity contribution in [3.8, 4) is 11.8 Å². The summed E-state index contributed by atoms with van der Waals surface area (Å²) in [7, 11) is 0. The van der Waals surface area contributed by atoms with Gasteiger partial charge in [-0.1, -0.05) is 0 Å². The van der Waals surface area contributed by atoms with Gasteiger partial charge in [0.25, 0.3) is 0 Å². The molecule has 0 spiro atoms. The Morgan fingerprint density at radius 3 is 2.50 bits per heavy atom. The van der Waals surface area contributed by atoms with E-state index >= 15 is 0 Å². The second kappa shape index (κ2) is 10.4. The highest BCUT2D eigenvalue weighted by Gasteiger charge is 2.32. The van der Waals surface area contributed by atoms with Crippen molar-refractivity contribution >= 4 is 17.5 Å². The lowest BCUT2D eigenvalue weighted by Gasteiger charge is -2.36. The van der Waals surface area contributed by atoms with Gasteiger partial charge in [-0.15, -0.1) is 13.2 Å². The third kappa shape index (κ3) is 5.88. The number of halogens is 3. The van der Waals surface area contributed by atoms with Gasteiger partial charge < -0.3 is 34.7 Å². The molecule has 1 N–H and O–H groups in total. The lowest BCUT2D eigenvalue weighted by atomic mass is 10.1. The summed E-state index contributed by atoms with van der Waals surface area (Å²) in [5.41, 5.74) is 2.89. The van der Waals surface area contributed by atoms with Crippen LogP contribution in [-0.4, -0.2) is 69.6 Å². The molecule has 0 amide bonds. The molecule has 6 rings (SSSR count). The average molecular weight is 561 g/mol. The third-order valence-electron chi connectivity index (χ3n) is 7.17. The fraction of sp³-hybridized carbons (Fsp3) is 0.480. The molecule has 1 saturated carbocycles. The maximum Gasteiger partial charge on any atom is 0.573 e. The molecule has 1 aliphatic carbocycles. The molecule has 2 aromatic heterocycles. The number of hydrogen-bond acceptors (Lipinski definition) is 10. The van der Waals surface area contributed by atoms with E-state index in [1.54, 1.807) is 16.7 Å². The molecule has 1 aromatic carbocycles. The molecule has 0 radical (unpaired) electrons. The number of fused-ring (bicyclic) bond motifs is 1. The van der Waals surface area contributed by atoms with Crippen molar-refractivity contribution in [1.29, 1.82) is 0 Å². The fourth-order valence-corrected chi connectivity index (χ4v) is 4.99. The van der Waals surface area contributed by atoms with Crippen LogP contribution in [0.1, 0.15) is 30.0 Å². The van der Waals surface area contributed by atoms with Gasteiger partial charge in [-0.25, -0.2) is 9.97 Å². The predicted octanol–water partition coefficient (Wildman–Crippen LogP) is 3.23. The molecular weight excluding hydrogens is 533 g/mol. The number of rotatable bonds is 8. The second-order valence-electron chi connectivity index (χ2n) is 10.1. The van der Waals surface area contributed by atoms with E-state index in [4.69, 9.17) is 9.72 Å². The van der Waals surface area contributed by atoms with Gasteiger partial charge in [0, 0.05) is 67.6 Å². The van der Waals surface area contributed by atoms with E-state index in [0.29, 0.717) is 57.7 Å². The standard InChI is InChI=1S/C25H27F3N8O4/c26-25(27,28)40-20-5-3-19(4-6-20)33-7-9-34(10-8-33)23-30-12-17(22(32-23)16-1-2-16)11-29-18-13-35-14-21(36(37)38)31-24(35)39-15-18/h3-6,12,14,16,18,29H,1-2,7-11,13,15H2/t18-/m0/s1. The number of alkyl halides is 3. The average Bonchev–Trinajstić information content (AvgIpc) is 3.69. The first-order valence-electron chi connectivity index (χ1n) is 13.0. The number of benzene rings is 1. The van der Waals surface area contributed by atoms with E-state index in [1.807, 2.05) is 6.20 Å². The minimum absolute atomic E-state index is 0.0461. The molecule has 4 heterocycles. The summed E-state index contributed by atoms with van der Waals surface area (Å²) in [6.45, 7) is 4.14. The van der Waals surface area contributed by atoms with Crippen LogP contribution >= 0.6 is 0 Å². The summed E-state index contributed by atoms with van der Waals surface area (Å²) in [6.07, 6.45) is 0.706. The summed E-state index contributed by atoms with van der Waals surface area (Å²) >= 11 is 0. The minimum atomic E-state index is -4.71. The number of imidazole rings is 1. The van der Waals surface area contributed by atoms with Gasteiger partial charge in [0.2, 0.25) is 5.95 Å². The first-order valence-corrected chi connectivity index (χ1v) is 13.0. The van der Waals surface area contributed by atoms with Crippen LogP contribution in [0.3, 0.4) is 0 Å².